The van der Waals surface area contributed by atoms with Crippen molar-refractivity contribution in [2.24, 2.45) is 0 Å². The lowest BCUT2D eigenvalue weighted by Crippen LogP contribution is -2.57. The highest BCUT2D eigenvalue weighted by molar-refractivity contribution is 5.80. The van der Waals surface area contributed by atoms with Gasteiger partial charge in [-0.05, 0) is 27.7 Å². The first-order valence-corrected chi connectivity index (χ1v) is 8.08. The second-order valence-corrected chi connectivity index (χ2v) is 7.31. The normalized spacial score (nSPS) is 23.7. The zero-order valence-corrected chi connectivity index (χ0v) is 14.6. The Morgan fingerprint density at radius 3 is 1.61 bits per heavy atom. The van der Waals surface area contributed by atoms with Crippen LogP contribution in [0.3, 0.4) is 0 Å². The van der Waals surface area contributed by atoms with E-state index in [9.17, 15) is 9.59 Å². The SMILES string of the molecule is CC1(C)COCCN1C(=O)COCC(=O)N1CCOCC1(C)C. The molecule has 0 aromatic heterocycles. The summed E-state index contributed by atoms with van der Waals surface area (Å²) < 4.78 is 16.2. The molecular formula is C16H28N2O5. The van der Waals surface area contributed by atoms with Gasteiger partial charge < -0.3 is 24.0 Å². The number of carbonyl (C=O) groups excluding carboxylic acids is 2. The van der Waals surface area contributed by atoms with Gasteiger partial charge in [0.1, 0.15) is 13.2 Å². The minimum Gasteiger partial charge on any atom is -0.377 e. The van der Waals surface area contributed by atoms with Gasteiger partial charge in [0, 0.05) is 13.1 Å². The predicted octanol–water partition coefficient (Wildman–Crippen LogP) is 0.278. The molecule has 7 heteroatoms. The number of hydrogen-bond acceptors (Lipinski definition) is 5. The number of nitrogens with zero attached hydrogens (tertiary/aromatic N) is 2. The van der Waals surface area contributed by atoms with Crippen LogP contribution in [0.2, 0.25) is 0 Å². The van der Waals surface area contributed by atoms with Crippen LogP contribution in [0.4, 0.5) is 0 Å². The van der Waals surface area contributed by atoms with Crippen molar-refractivity contribution in [3.05, 3.63) is 0 Å². The predicted molar refractivity (Wildman–Crippen MR) is 84.0 cm³/mol. The van der Waals surface area contributed by atoms with Crippen molar-refractivity contribution in [3.8, 4) is 0 Å². The Kier molecular flexibility index (Phi) is 5.65. The van der Waals surface area contributed by atoms with E-state index < -0.39 is 0 Å². The highest BCUT2D eigenvalue weighted by Gasteiger charge is 2.35. The van der Waals surface area contributed by atoms with Gasteiger partial charge in [-0.15, -0.1) is 0 Å². The van der Waals surface area contributed by atoms with E-state index in [2.05, 4.69) is 0 Å². The molecule has 2 saturated heterocycles. The topological polar surface area (TPSA) is 68.3 Å². The molecule has 0 radical (unpaired) electrons. The second kappa shape index (κ2) is 7.15. The highest BCUT2D eigenvalue weighted by Crippen LogP contribution is 2.20. The number of amides is 2. The number of hydrogen-bond donors (Lipinski definition) is 0. The second-order valence-electron chi connectivity index (χ2n) is 7.31. The average molecular weight is 328 g/mol. The molecule has 2 heterocycles. The van der Waals surface area contributed by atoms with Crippen molar-refractivity contribution in [1.29, 1.82) is 0 Å². The summed E-state index contributed by atoms with van der Waals surface area (Å²) in [5.41, 5.74) is -0.677. The van der Waals surface area contributed by atoms with Gasteiger partial charge in [0.05, 0.1) is 37.5 Å². The number of carbonyl (C=O) groups is 2. The van der Waals surface area contributed by atoms with E-state index in [1.165, 1.54) is 0 Å². The molecular weight excluding hydrogens is 300 g/mol. The molecule has 0 spiro atoms. The van der Waals surface area contributed by atoms with E-state index in [0.717, 1.165) is 0 Å². The zero-order chi connectivity index (χ0) is 17.1. The van der Waals surface area contributed by atoms with Crippen LogP contribution in [0.25, 0.3) is 0 Å². The molecule has 0 unspecified atom stereocenters. The summed E-state index contributed by atoms with van der Waals surface area (Å²) in [6.45, 7) is 10.9. The average Bonchev–Trinajstić information content (AvgIpc) is 2.45. The van der Waals surface area contributed by atoms with Crippen molar-refractivity contribution in [2.75, 3.05) is 52.7 Å². The van der Waals surface area contributed by atoms with E-state index in [0.29, 0.717) is 39.5 Å². The van der Waals surface area contributed by atoms with Crippen LogP contribution in [-0.2, 0) is 23.8 Å². The summed E-state index contributed by atoms with van der Waals surface area (Å²) in [4.78, 5) is 28.1. The van der Waals surface area contributed by atoms with Gasteiger partial charge in [0.2, 0.25) is 11.8 Å². The van der Waals surface area contributed by atoms with Crippen molar-refractivity contribution in [2.45, 2.75) is 38.8 Å². The fraction of sp³-hybridized carbons (Fsp3) is 0.875. The van der Waals surface area contributed by atoms with Gasteiger partial charge in [-0.3, -0.25) is 9.59 Å². The molecule has 2 fully saturated rings. The number of morpholine rings is 2. The Labute approximate surface area is 137 Å². The number of ether oxygens (including phenoxy) is 3. The molecule has 132 valence electrons. The van der Waals surface area contributed by atoms with Crippen LogP contribution >= 0.6 is 0 Å². The van der Waals surface area contributed by atoms with Crippen LogP contribution in [0.5, 0.6) is 0 Å². The van der Waals surface area contributed by atoms with Gasteiger partial charge in [-0.2, -0.15) is 0 Å². The highest BCUT2D eigenvalue weighted by atomic mass is 16.5. The minimum absolute atomic E-state index is 0.0834. The maximum atomic E-state index is 12.3. The quantitative estimate of drug-likeness (QED) is 0.741. The van der Waals surface area contributed by atoms with Crippen LogP contribution in [0, 0.1) is 0 Å². The molecule has 0 aromatic carbocycles. The Morgan fingerprint density at radius 1 is 0.870 bits per heavy atom. The minimum atomic E-state index is -0.338. The van der Waals surface area contributed by atoms with Crippen LogP contribution < -0.4 is 0 Å². The summed E-state index contributed by atoms with van der Waals surface area (Å²) in [5.74, 6) is -0.209. The van der Waals surface area contributed by atoms with Crippen molar-refractivity contribution < 1.29 is 23.8 Å². The molecule has 0 N–H and O–H groups in total. The Morgan fingerprint density at radius 2 is 1.26 bits per heavy atom. The van der Waals surface area contributed by atoms with Crippen molar-refractivity contribution in [3.63, 3.8) is 0 Å². The molecule has 0 aliphatic carbocycles. The molecule has 2 amide bonds. The van der Waals surface area contributed by atoms with E-state index >= 15 is 0 Å². The molecule has 2 aliphatic heterocycles. The monoisotopic (exact) mass is 328 g/mol. The first-order chi connectivity index (χ1) is 10.7. The Hall–Kier alpha value is -1.18. The third-order valence-electron chi connectivity index (χ3n) is 4.34. The molecule has 0 bridgehead atoms. The summed E-state index contributed by atoms with van der Waals surface area (Å²) in [5, 5.41) is 0. The summed E-state index contributed by atoms with van der Waals surface area (Å²) in [6, 6.07) is 0. The lowest BCUT2D eigenvalue weighted by atomic mass is 10.0. The molecule has 23 heavy (non-hydrogen) atoms. The van der Waals surface area contributed by atoms with E-state index in [1.807, 2.05) is 27.7 Å². The van der Waals surface area contributed by atoms with Crippen molar-refractivity contribution >= 4 is 11.8 Å². The summed E-state index contributed by atoms with van der Waals surface area (Å²) >= 11 is 0. The van der Waals surface area contributed by atoms with Gasteiger partial charge >= 0.3 is 0 Å². The first kappa shape index (κ1) is 18.2. The molecule has 7 nitrogen and oxygen atoms in total. The third-order valence-corrected chi connectivity index (χ3v) is 4.34. The molecule has 0 atom stereocenters. The Balaban J connectivity index is 1.80. The number of rotatable bonds is 4. The van der Waals surface area contributed by atoms with E-state index in [1.54, 1.807) is 9.80 Å². The van der Waals surface area contributed by atoms with Crippen LogP contribution in [-0.4, -0.2) is 85.4 Å². The van der Waals surface area contributed by atoms with Crippen LogP contribution in [0.1, 0.15) is 27.7 Å². The van der Waals surface area contributed by atoms with Gasteiger partial charge in [0.25, 0.3) is 0 Å². The fourth-order valence-electron chi connectivity index (χ4n) is 3.02. The van der Waals surface area contributed by atoms with E-state index in [4.69, 9.17) is 14.2 Å². The summed E-state index contributed by atoms with van der Waals surface area (Å²) in [6.07, 6.45) is 0. The molecule has 0 aromatic rings. The van der Waals surface area contributed by atoms with Gasteiger partial charge in [0.15, 0.2) is 0 Å². The first-order valence-electron chi connectivity index (χ1n) is 8.08. The maximum absolute atomic E-state index is 12.3. The molecule has 0 saturated carbocycles. The van der Waals surface area contributed by atoms with Crippen LogP contribution in [0.15, 0.2) is 0 Å². The maximum Gasteiger partial charge on any atom is 0.249 e. The zero-order valence-electron chi connectivity index (χ0n) is 14.6. The fourth-order valence-corrected chi connectivity index (χ4v) is 3.02. The van der Waals surface area contributed by atoms with Gasteiger partial charge in [-0.1, -0.05) is 0 Å². The lowest BCUT2D eigenvalue weighted by molar-refractivity contribution is -0.157. The smallest absolute Gasteiger partial charge is 0.249 e. The summed E-state index contributed by atoms with van der Waals surface area (Å²) in [7, 11) is 0. The van der Waals surface area contributed by atoms with E-state index in [-0.39, 0.29) is 36.1 Å². The lowest BCUT2D eigenvalue weighted by Gasteiger charge is -2.42. The van der Waals surface area contributed by atoms with Crippen molar-refractivity contribution in [1.82, 2.24) is 9.80 Å². The largest absolute Gasteiger partial charge is 0.377 e. The third kappa shape index (κ3) is 4.43. The van der Waals surface area contributed by atoms with Gasteiger partial charge in [-0.25, -0.2) is 0 Å². The Bertz CT molecular complexity index is 410. The molecule has 2 aliphatic rings. The standard InChI is InChI=1S/C16H28N2O5/c1-15(2)11-21-7-5-17(15)13(19)9-23-10-14(20)18-6-8-22-12-16(18,3)4/h5-12H2,1-4H3. The molecule has 2 rings (SSSR count).